The van der Waals surface area contributed by atoms with E-state index in [0.717, 1.165) is 25.3 Å². The summed E-state index contributed by atoms with van der Waals surface area (Å²) in [5.41, 5.74) is 4.83. The normalized spacial score (nSPS) is 10.7. The number of aromatic nitrogens is 2. The third-order valence-corrected chi connectivity index (χ3v) is 2.94. The van der Waals surface area contributed by atoms with E-state index < -0.39 is 0 Å². The summed E-state index contributed by atoms with van der Waals surface area (Å²) in [5, 5.41) is 0. The Kier molecular flexibility index (Phi) is 4.83. The van der Waals surface area contributed by atoms with Gasteiger partial charge in [0, 0.05) is 25.5 Å². The van der Waals surface area contributed by atoms with E-state index >= 15 is 0 Å². The van der Waals surface area contributed by atoms with Crippen molar-refractivity contribution in [3.05, 3.63) is 54.0 Å². The fourth-order valence-electron chi connectivity index (χ4n) is 1.91. The fourth-order valence-corrected chi connectivity index (χ4v) is 1.91. The quantitative estimate of drug-likeness (QED) is 0.610. The van der Waals surface area contributed by atoms with E-state index in [1.54, 1.807) is 6.20 Å². The Hall–Kier alpha value is -1.98. The number of nitrogens with one attached hydrogen (secondary N) is 1. The highest BCUT2D eigenvalue weighted by Crippen LogP contribution is 2.10. The van der Waals surface area contributed by atoms with Crippen LogP contribution < -0.4 is 11.3 Å². The van der Waals surface area contributed by atoms with Gasteiger partial charge in [0.25, 0.3) is 0 Å². The van der Waals surface area contributed by atoms with Gasteiger partial charge in [-0.3, -0.25) is 9.88 Å². The van der Waals surface area contributed by atoms with E-state index in [0.29, 0.717) is 5.82 Å². The van der Waals surface area contributed by atoms with Crippen molar-refractivity contribution in [1.29, 1.82) is 0 Å². The first kappa shape index (κ1) is 13.5. The van der Waals surface area contributed by atoms with Crippen LogP contribution in [0.1, 0.15) is 18.2 Å². The average Bonchev–Trinajstić information content (AvgIpc) is 2.48. The highest BCUT2D eigenvalue weighted by molar-refractivity contribution is 5.35. The van der Waals surface area contributed by atoms with E-state index in [-0.39, 0.29) is 0 Å². The predicted molar refractivity (Wildman–Crippen MR) is 76.1 cm³/mol. The van der Waals surface area contributed by atoms with Crippen LogP contribution in [0, 0.1) is 0 Å². The molecular formula is C14H19N5. The fraction of sp³-hybridized carbons (Fsp3) is 0.286. The molecule has 0 amide bonds. The summed E-state index contributed by atoms with van der Waals surface area (Å²) < 4.78 is 0. The van der Waals surface area contributed by atoms with Crippen LogP contribution in [0.5, 0.6) is 0 Å². The minimum absolute atomic E-state index is 0.686. The zero-order chi connectivity index (χ0) is 13.5. The number of nitrogens with zero attached hydrogens (tertiary/aromatic N) is 3. The minimum atomic E-state index is 0.686. The molecule has 0 aliphatic rings. The van der Waals surface area contributed by atoms with Crippen molar-refractivity contribution in [3.63, 3.8) is 0 Å². The van der Waals surface area contributed by atoms with Gasteiger partial charge in [-0.15, -0.1) is 0 Å². The van der Waals surface area contributed by atoms with Crippen LogP contribution in [0.4, 0.5) is 5.82 Å². The molecule has 2 heterocycles. The SMILES string of the molecule is CCN(Cc1ccnc(NN)c1)Cc1ccccn1. The second kappa shape index (κ2) is 6.82. The largest absolute Gasteiger partial charge is 0.308 e. The smallest absolute Gasteiger partial charge is 0.140 e. The molecule has 100 valence electrons. The van der Waals surface area contributed by atoms with Gasteiger partial charge < -0.3 is 5.43 Å². The van der Waals surface area contributed by atoms with E-state index in [4.69, 9.17) is 5.84 Å². The lowest BCUT2D eigenvalue weighted by Crippen LogP contribution is -2.23. The van der Waals surface area contributed by atoms with Crippen LogP contribution in [0.15, 0.2) is 42.7 Å². The summed E-state index contributed by atoms with van der Waals surface area (Å²) in [6.45, 7) is 4.80. The Morgan fingerprint density at radius 3 is 2.74 bits per heavy atom. The summed E-state index contributed by atoms with van der Waals surface area (Å²) in [4.78, 5) is 10.8. The second-order valence-electron chi connectivity index (χ2n) is 4.32. The molecule has 3 N–H and O–H groups in total. The van der Waals surface area contributed by atoms with Crippen molar-refractivity contribution in [3.8, 4) is 0 Å². The Balaban J connectivity index is 2.02. The maximum Gasteiger partial charge on any atom is 0.140 e. The number of anilines is 1. The molecule has 0 saturated carbocycles. The number of nitrogens with two attached hydrogens (primary N) is 1. The summed E-state index contributed by atoms with van der Waals surface area (Å²) >= 11 is 0. The molecular weight excluding hydrogens is 238 g/mol. The van der Waals surface area contributed by atoms with Crippen molar-refractivity contribution >= 4 is 5.82 Å². The number of hydrogen-bond donors (Lipinski definition) is 2. The Morgan fingerprint density at radius 1 is 1.16 bits per heavy atom. The van der Waals surface area contributed by atoms with E-state index in [2.05, 4.69) is 27.2 Å². The maximum absolute atomic E-state index is 5.37. The van der Waals surface area contributed by atoms with Crippen LogP contribution in [0.3, 0.4) is 0 Å². The van der Waals surface area contributed by atoms with Crippen molar-refractivity contribution in [2.75, 3.05) is 12.0 Å². The summed E-state index contributed by atoms with van der Waals surface area (Å²) in [6.07, 6.45) is 3.59. The first-order valence-corrected chi connectivity index (χ1v) is 6.35. The Morgan fingerprint density at radius 2 is 2.05 bits per heavy atom. The lowest BCUT2D eigenvalue weighted by atomic mass is 10.2. The molecule has 0 atom stereocenters. The second-order valence-corrected chi connectivity index (χ2v) is 4.32. The van der Waals surface area contributed by atoms with E-state index in [1.807, 2.05) is 36.5 Å². The molecule has 2 rings (SSSR count). The van der Waals surface area contributed by atoms with Gasteiger partial charge in [-0.25, -0.2) is 10.8 Å². The lowest BCUT2D eigenvalue weighted by molar-refractivity contribution is 0.268. The van der Waals surface area contributed by atoms with Crippen molar-refractivity contribution < 1.29 is 0 Å². The Labute approximate surface area is 113 Å². The number of hydrogen-bond acceptors (Lipinski definition) is 5. The molecule has 0 radical (unpaired) electrons. The van der Waals surface area contributed by atoms with Gasteiger partial charge in [-0.2, -0.15) is 0 Å². The third-order valence-electron chi connectivity index (χ3n) is 2.94. The van der Waals surface area contributed by atoms with Gasteiger partial charge in [0.2, 0.25) is 0 Å². The molecule has 0 spiro atoms. The molecule has 19 heavy (non-hydrogen) atoms. The van der Waals surface area contributed by atoms with Gasteiger partial charge in [0.15, 0.2) is 0 Å². The van der Waals surface area contributed by atoms with Gasteiger partial charge in [-0.1, -0.05) is 13.0 Å². The van der Waals surface area contributed by atoms with Gasteiger partial charge >= 0.3 is 0 Å². The van der Waals surface area contributed by atoms with E-state index in [9.17, 15) is 0 Å². The molecule has 0 unspecified atom stereocenters. The van der Waals surface area contributed by atoms with Crippen LogP contribution in [-0.4, -0.2) is 21.4 Å². The number of hydrazine groups is 1. The minimum Gasteiger partial charge on any atom is -0.308 e. The van der Waals surface area contributed by atoms with Gasteiger partial charge in [0.05, 0.1) is 5.69 Å². The molecule has 0 bridgehead atoms. The standard InChI is InChI=1S/C14H19N5/c1-2-19(11-13-5-3-4-7-16-13)10-12-6-8-17-14(9-12)18-15/h3-9H,2,10-11,15H2,1H3,(H,17,18). The predicted octanol–water partition coefficient (Wildman–Crippen LogP) is 1.78. The van der Waals surface area contributed by atoms with Gasteiger partial charge in [0.1, 0.15) is 5.82 Å². The average molecular weight is 257 g/mol. The molecule has 0 aliphatic heterocycles. The third kappa shape index (κ3) is 4.01. The summed E-state index contributed by atoms with van der Waals surface area (Å²) in [5.74, 6) is 6.06. The van der Waals surface area contributed by atoms with Gasteiger partial charge in [-0.05, 0) is 36.4 Å². The molecule has 5 nitrogen and oxygen atoms in total. The molecule has 2 aromatic heterocycles. The van der Waals surface area contributed by atoms with Crippen LogP contribution in [-0.2, 0) is 13.1 Å². The first-order chi connectivity index (χ1) is 9.31. The van der Waals surface area contributed by atoms with Crippen molar-refractivity contribution in [2.45, 2.75) is 20.0 Å². The van der Waals surface area contributed by atoms with Crippen LogP contribution >= 0.6 is 0 Å². The summed E-state index contributed by atoms with van der Waals surface area (Å²) in [6, 6.07) is 9.95. The van der Waals surface area contributed by atoms with Crippen LogP contribution in [0.25, 0.3) is 0 Å². The topological polar surface area (TPSA) is 67.1 Å². The Bertz CT molecular complexity index is 500. The zero-order valence-electron chi connectivity index (χ0n) is 11.1. The number of rotatable bonds is 6. The number of nitrogen functional groups attached to an aromatic ring is 1. The number of pyridine rings is 2. The van der Waals surface area contributed by atoms with E-state index in [1.165, 1.54) is 5.56 Å². The molecule has 2 aromatic rings. The molecule has 0 aromatic carbocycles. The first-order valence-electron chi connectivity index (χ1n) is 6.35. The highest BCUT2D eigenvalue weighted by atomic mass is 15.2. The summed E-state index contributed by atoms with van der Waals surface area (Å²) in [7, 11) is 0. The maximum atomic E-state index is 5.37. The van der Waals surface area contributed by atoms with Crippen molar-refractivity contribution in [1.82, 2.24) is 14.9 Å². The van der Waals surface area contributed by atoms with Crippen molar-refractivity contribution in [2.24, 2.45) is 5.84 Å². The molecule has 0 saturated heterocycles. The van der Waals surface area contributed by atoms with Crippen LogP contribution in [0.2, 0.25) is 0 Å². The molecule has 5 heteroatoms. The molecule has 0 fully saturated rings. The zero-order valence-corrected chi connectivity index (χ0v) is 11.1. The highest BCUT2D eigenvalue weighted by Gasteiger charge is 2.06. The monoisotopic (exact) mass is 257 g/mol. The molecule has 0 aliphatic carbocycles. The lowest BCUT2D eigenvalue weighted by Gasteiger charge is -2.20.